The number of morpholine rings is 1. The van der Waals surface area contributed by atoms with E-state index in [0.29, 0.717) is 14.8 Å². The maximum Gasteiger partial charge on any atom is 0.197 e. The molecule has 1 fully saturated rings. The Morgan fingerprint density at radius 3 is 2.12 bits per heavy atom. The van der Waals surface area contributed by atoms with Gasteiger partial charge in [-0.1, -0.05) is 11.6 Å². The lowest BCUT2D eigenvalue weighted by Gasteiger charge is -2.27. The smallest absolute Gasteiger partial charge is 0.197 e. The van der Waals surface area contributed by atoms with Crippen molar-refractivity contribution in [3.05, 3.63) is 53.2 Å². The molecule has 1 saturated heterocycles. The molecule has 0 aliphatic carbocycles. The number of hydrogen-bond donors (Lipinski definition) is 1. The standard InChI is InChI=1S/C19H12ClN4OS2.C4H9NO/c1-10-4-14(11(2)26-10)17(18(25)15-5-16(20)27-12(15)3)19(8-23,9-24)13(6-21)7-22;1-3-6-4-2-5-1/h4-5,17H,1-3H3;5H,1-4H2/q-1;/p+1. The van der Waals surface area contributed by atoms with Gasteiger partial charge in [-0.15, -0.1) is 22.7 Å². The van der Waals surface area contributed by atoms with Crippen molar-refractivity contribution < 1.29 is 14.8 Å². The zero-order valence-electron chi connectivity index (χ0n) is 18.4. The Bertz CT molecular complexity index is 1180. The van der Waals surface area contributed by atoms with Crippen molar-refractivity contribution in [2.75, 3.05) is 26.3 Å². The normalized spacial score (nSPS) is 13.8. The van der Waals surface area contributed by atoms with E-state index in [4.69, 9.17) is 16.3 Å². The molecular weight excluding hydrogens is 478 g/mol. The Hall–Kier alpha value is -2.80. The lowest BCUT2D eigenvalue weighted by molar-refractivity contribution is -0.670. The first kappa shape index (κ1) is 26.5. The van der Waals surface area contributed by atoms with Gasteiger partial charge < -0.3 is 15.5 Å². The van der Waals surface area contributed by atoms with E-state index < -0.39 is 22.7 Å². The number of carbonyl (C=O) groups is 1. The molecule has 10 heteroatoms. The fraction of sp³-hybridized carbons (Fsp3) is 0.391. The molecule has 33 heavy (non-hydrogen) atoms. The molecule has 0 spiro atoms. The van der Waals surface area contributed by atoms with Gasteiger partial charge in [0.25, 0.3) is 0 Å². The summed E-state index contributed by atoms with van der Waals surface area (Å²) in [4.78, 5) is 15.7. The first-order valence-corrected chi connectivity index (χ1v) is 12.0. The largest absolute Gasteiger partial charge is 0.762 e. The van der Waals surface area contributed by atoms with Gasteiger partial charge in [0.1, 0.15) is 6.07 Å². The summed E-state index contributed by atoms with van der Waals surface area (Å²) in [6.07, 6.45) is 0. The van der Waals surface area contributed by atoms with Crippen LogP contribution < -0.4 is 5.32 Å². The van der Waals surface area contributed by atoms with Crippen LogP contribution in [0.15, 0.2) is 17.7 Å². The first-order chi connectivity index (χ1) is 15.7. The third-order valence-electron chi connectivity index (χ3n) is 5.14. The van der Waals surface area contributed by atoms with Gasteiger partial charge in [-0.05, 0) is 38.5 Å². The molecule has 3 heterocycles. The number of quaternary nitrogens is 1. The number of rotatable bonds is 5. The second-order valence-corrected chi connectivity index (χ2v) is 10.6. The van der Waals surface area contributed by atoms with E-state index in [0.717, 1.165) is 36.1 Å². The minimum absolute atomic E-state index is 0.281. The average molecular weight is 500 g/mol. The molecule has 170 valence electrons. The summed E-state index contributed by atoms with van der Waals surface area (Å²) in [7, 11) is 0. The minimum Gasteiger partial charge on any atom is -0.762 e. The van der Waals surface area contributed by atoms with Gasteiger partial charge in [0.2, 0.25) is 0 Å². The molecule has 3 rings (SSSR count). The Balaban J connectivity index is 0.000000554. The van der Waals surface area contributed by atoms with Crippen molar-refractivity contribution >= 4 is 45.9 Å². The highest BCUT2D eigenvalue weighted by atomic mass is 35.5. The first-order valence-electron chi connectivity index (χ1n) is 10.0. The van der Waals surface area contributed by atoms with E-state index in [1.807, 2.05) is 6.92 Å². The molecule has 1 unspecified atom stereocenters. The maximum atomic E-state index is 13.5. The Morgan fingerprint density at radius 1 is 1.15 bits per heavy atom. The van der Waals surface area contributed by atoms with Gasteiger partial charge >= 0.3 is 0 Å². The highest BCUT2D eigenvalue weighted by Crippen LogP contribution is 2.46. The molecule has 7 nitrogen and oxygen atoms in total. The lowest BCUT2D eigenvalue weighted by atomic mass is 9.67. The van der Waals surface area contributed by atoms with E-state index in [1.54, 1.807) is 44.0 Å². The van der Waals surface area contributed by atoms with Gasteiger partial charge in [0.05, 0.1) is 54.3 Å². The number of ketones is 1. The minimum atomic E-state index is -2.22. The van der Waals surface area contributed by atoms with Crippen molar-refractivity contribution in [2.24, 2.45) is 5.41 Å². The molecule has 1 atom stereocenters. The second-order valence-electron chi connectivity index (χ2n) is 7.29. The molecular formula is C23H22ClN5O2S2. The van der Waals surface area contributed by atoms with Crippen LogP contribution in [-0.2, 0) is 4.74 Å². The van der Waals surface area contributed by atoms with Gasteiger partial charge in [0.15, 0.2) is 11.2 Å². The van der Waals surface area contributed by atoms with Crippen LogP contribution in [0.3, 0.4) is 0 Å². The van der Waals surface area contributed by atoms with Crippen molar-refractivity contribution in [2.45, 2.75) is 26.7 Å². The molecule has 0 aromatic carbocycles. The number of Topliss-reactive ketones (excluding diaryl/α,β-unsaturated/α-hetero) is 1. The predicted molar refractivity (Wildman–Crippen MR) is 129 cm³/mol. The molecule has 1 aliphatic heterocycles. The van der Waals surface area contributed by atoms with Gasteiger partial charge in [-0.2, -0.15) is 15.8 Å². The Labute approximate surface area is 206 Å². The Kier molecular flexibility index (Phi) is 9.53. The Morgan fingerprint density at radius 2 is 1.79 bits per heavy atom. The van der Waals surface area contributed by atoms with Gasteiger partial charge in [0, 0.05) is 20.2 Å². The topological polar surface area (TPSA) is 137 Å². The van der Waals surface area contributed by atoms with E-state index >= 15 is 0 Å². The molecule has 1 aliphatic rings. The summed E-state index contributed by atoms with van der Waals surface area (Å²) in [6.45, 7) is 9.53. The number of allylic oxidation sites excluding steroid dienone is 1. The molecule has 2 aromatic rings. The fourth-order valence-electron chi connectivity index (χ4n) is 3.55. The number of hydrogen-bond acceptors (Lipinski definition) is 7. The second kappa shape index (κ2) is 11.9. The molecule has 0 radical (unpaired) electrons. The van der Waals surface area contributed by atoms with Crippen LogP contribution in [-0.4, -0.2) is 38.0 Å². The third-order valence-corrected chi connectivity index (χ3v) is 7.30. The van der Waals surface area contributed by atoms with Crippen LogP contribution in [0, 0.1) is 60.2 Å². The number of carbonyl (C=O) groups excluding carboxylic acids is 1. The number of nitrogens with zero attached hydrogens (tertiary/aromatic N) is 4. The summed E-state index contributed by atoms with van der Waals surface area (Å²) in [6, 6.07) is 8.43. The predicted octanol–water partition coefficient (Wildman–Crippen LogP) is 3.66. The zero-order valence-corrected chi connectivity index (χ0v) is 20.8. The average Bonchev–Trinajstić information content (AvgIpc) is 3.34. The van der Waals surface area contributed by atoms with Crippen molar-refractivity contribution in [3.63, 3.8) is 0 Å². The monoisotopic (exact) mass is 499 g/mol. The van der Waals surface area contributed by atoms with E-state index in [9.17, 15) is 26.0 Å². The summed E-state index contributed by atoms with van der Waals surface area (Å²) >= 11 is 8.65. The summed E-state index contributed by atoms with van der Waals surface area (Å²) < 4.78 is 5.44. The van der Waals surface area contributed by atoms with Crippen molar-refractivity contribution in [1.82, 2.24) is 0 Å². The van der Waals surface area contributed by atoms with Crippen molar-refractivity contribution in [3.8, 4) is 18.2 Å². The molecule has 2 aromatic heterocycles. The molecule has 0 amide bonds. The van der Waals surface area contributed by atoms with E-state index in [1.165, 1.54) is 28.7 Å². The number of thiophene rings is 2. The van der Waals surface area contributed by atoms with Crippen molar-refractivity contribution in [1.29, 1.82) is 15.8 Å². The quantitative estimate of drug-likeness (QED) is 0.380. The van der Waals surface area contributed by atoms with Gasteiger partial charge in [-0.3, -0.25) is 10.7 Å². The fourth-order valence-corrected chi connectivity index (χ4v) is 5.70. The number of halogens is 1. The van der Waals surface area contributed by atoms with Crippen LogP contribution in [0.25, 0.3) is 5.41 Å². The molecule has 2 N–H and O–H groups in total. The lowest BCUT2D eigenvalue weighted by Crippen LogP contribution is -2.87. The van der Waals surface area contributed by atoms with Crippen LogP contribution in [0.1, 0.15) is 36.5 Å². The summed E-state index contributed by atoms with van der Waals surface area (Å²) in [5.74, 6) is -0.185. The zero-order chi connectivity index (χ0) is 24.6. The van der Waals surface area contributed by atoms with Crippen LogP contribution in [0.5, 0.6) is 0 Å². The SMILES string of the molecule is C1COCC[NH2+]1.Cc1cc(C(C(=O)c2cc(Cl)sc2C)C(C#N)(C#N)C(=C=[N-])C#N)c(C)s1. The highest BCUT2D eigenvalue weighted by Gasteiger charge is 2.50. The van der Waals surface area contributed by atoms with Crippen LogP contribution >= 0.6 is 34.3 Å². The van der Waals surface area contributed by atoms with Crippen LogP contribution in [0.4, 0.5) is 0 Å². The van der Waals surface area contributed by atoms with Gasteiger partial charge in [-0.25, -0.2) is 0 Å². The third kappa shape index (κ3) is 5.77. The summed E-state index contributed by atoms with van der Waals surface area (Å²) in [5, 5.41) is 40.7. The van der Waals surface area contributed by atoms with E-state index in [-0.39, 0.29) is 5.56 Å². The number of nitrogens with two attached hydrogens (primary N) is 1. The number of ether oxygens (including phenoxy) is 1. The van der Waals surface area contributed by atoms with E-state index in [2.05, 4.69) is 5.32 Å². The molecule has 0 saturated carbocycles. The van der Waals surface area contributed by atoms with Crippen LogP contribution in [0.2, 0.25) is 4.34 Å². The number of nitriles is 3. The number of aryl methyl sites for hydroxylation is 3. The highest BCUT2D eigenvalue weighted by molar-refractivity contribution is 7.16. The molecule has 0 bridgehead atoms. The maximum absolute atomic E-state index is 13.5. The summed E-state index contributed by atoms with van der Waals surface area (Å²) in [5.41, 5.74) is -2.08.